The van der Waals surface area contributed by atoms with Gasteiger partial charge in [0.1, 0.15) is 6.04 Å². The number of carboxylic acids is 1. The van der Waals surface area contributed by atoms with Crippen molar-refractivity contribution in [3.63, 3.8) is 0 Å². The normalized spacial score (nSPS) is 13.6. The summed E-state index contributed by atoms with van der Waals surface area (Å²) >= 11 is 0. The quantitative estimate of drug-likeness (QED) is 0.708. The minimum absolute atomic E-state index is 0.0228. The molecule has 2 atom stereocenters. The first-order chi connectivity index (χ1) is 7.81. The summed E-state index contributed by atoms with van der Waals surface area (Å²) in [6.45, 7) is 5.89. The zero-order valence-corrected chi connectivity index (χ0v) is 10.7. The third-order valence-corrected chi connectivity index (χ3v) is 2.81. The number of nitrogens with one attached hydrogen (secondary N) is 1. The topological polar surface area (TPSA) is 69.6 Å². The van der Waals surface area contributed by atoms with Crippen LogP contribution in [0.4, 0.5) is 4.79 Å². The van der Waals surface area contributed by atoms with Crippen molar-refractivity contribution in [1.82, 2.24) is 10.2 Å². The van der Waals surface area contributed by atoms with Gasteiger partial charge < -0.3 is 15.3 Å². The number of carbonyl (C=O) groups is 2. The molecule has 2 amide bonds. The van der Waals surface area contributed by atoms with Gasteiger partial charge in [0.15, 0.2) is 0 Å². The molecule has 0 aromatic carbocycles. The molecule has 17 heavy (non-hydrogen) atoms. The van der Waals surface area contributed by atoms with E-state index in [9.17, 15) is 9.59 Å². The SMILES string of the molecule is C#CCC(NC(=O)N(C)C(C)C(C)C)C(=O)O. The number of terminal acetylenes is 1. The van der Waals surface area contributed by atoms with Crippen molar-refractivity contribution in [3.8, 4) is 12.3 Å². The third-order valence-electron chi connectivity index (χ3n) is 2.81. The molecule has 5 nitrogen and oxygen atoms in total. The Morgan fingerprint density at radius 1 is 1.41 bits per heavy atom. The molecule has 0 aromatic rings. The van der Waals surface area contributed by atoms with Crippen LogP contribution in [0.5, 0.6) is 0 Å². The molecule has 0 fully saturated rings. The molecular formula is C12H20N2O3. The number of hydrogen-bond acceptors (Lipinski definition) is 2. The van der Waals surface area contributed by atoms with Gasteiger partial charge in [-0.05, 0) is 12.8 Å². The van der Waals surface area contributed by atoms with Gasteiger partial charge >= 0.3 is 12.0 Å². The number of carbonyl (C=O) groups excluding carboxylic acids is 1. The van der Waals surface area contributed by atoms with Crippen LogP contribution in [0.1, 0.15) is 27.2 Å². The van der Waals surface area contributed by atoms with Crippen LogP contribution in [0, 0.1) is 18.3 Å². The summed E-state index contributed by atoms with van der Waals surface area (Å²) in [4.78, 5) is 24.1. The lowest BCUT2D eigenvalue weighted by Gasteiger charge is -2.29. The monoisotopic (exact) mass is 240 g/mol. The standard InChI is InChI=1S/C12H20N2O3/c1-6-7-10(11(15)16)13-12(17)14(5)9(4)8(2)3/h1,8-10H,7H2,2-5H3,(H,13,17)(H,15,16). The van der Waals surface area contributed by atoms with Crippen LogP contribution in [-0.4, -0.2) is 41.1 Å². The Labute approximate surface area is 102 Å². The van der Waals surface area contributed by atoms with Gasteiger partial charge in [0, 0.05) is 19.5 Å². The molecule has 0 radical (unpaired) electrons. The van der Waals surface area contributed by atoms with Crippen molar-refractivity contribution in [1.29, 1.82) is 0 Å². The smallest absolute Gasteiger partial charge is 0.327 e. The van der Waals surface area contributed by atoms with Gasteiger partial charge in [0.05, 0.1) is 0 Å². The summed E-state index contributed by atoms with van der Waals surface area (Å²) in [5.41, 5.74) is 0. The fourth-order valence-corrected chi connectivity index (χ4v) is 1.20. The van der Waals surface area contributed by atoms with Crippen molar-refractivity contribution in [2.24, 2.45) is 5.92 Å². The van der Waals surface area contributed by atoms with Gasteiger partial charge in [0.25, 0.3) is 0 Å². The van der Waals surface area contributed by atoms with Crippen molar-refractivity contribution >= 4 is 12.0 Å². The molecule has 0 spiro atoms. The first-order valence-corrected chi connectivity index (χ1v) is 5.50. The Hall–Kier alpha value is -1.70. The van der Waals surface area contributed by atoms with E-state index >= 15 is 0 Å². The molecule has 0 aliphatic carbocycles. The molecule has 0 heterocycles. The van der Waals surface area contributed by atoms with E-state index in [4.69, 9.17) is 11.5 Å². The van der Waals surface area contributed by atoms with E-state index in [1.807, 2.05) is 20.8 Å². The van der Waals surface area contributed by atoms with Crippen LogP contribution in [0.3, 0.4) is 0 Å². The highest BCUT2D eigenvalue weighted by Crippen LogP contribution is 2.08. The van der Waals surface area contributed by atoms with Crippen molar-refractivity contribution < 1.29 is 14.7 Å². The van der Waals surface area contributed by atoms with E-state index in [2.05, 4.69) is 11.2 Å². The van der Waals surface area contributed by atoms with E-state index in [1.165, 1.54) is 4.90 Å². The highest BCUT2D eigenvalue weighted by Gasteiger charge is 2.24. The Kier molecular flexibility index (Phi) is 6.11. The van der Waals surface area contributed by atoms with Gasteiger partial charge in [-0.15, -0.1) is 12.3 Å². The number of rotatable bonds is 5. The predicted molar refractivity (Wildman–Crippen MR) is 65.5 cm³/mol. The largest absolute Gasteiger partial charge is 0.480 e. The summed E-state index contributed by atoms with van der Waals surface area (Å²) < 4.78 is 0. The molecule has 0 rings (SSSR count). The molecular weight excluding hydrogens is 220 g/mol. The molecule has 5 heteroatoms. The zero-order chi connectivity index (χ0) is 13.6. The highest BCUT2D eigenvalue weighted by atomic mass is 16.4. The maximum atomic E-state index is 11.8. The zero-order valence-electron chi connectivity index (χ0n) is 10.7. The summed E-state index contributed by atoms with van der Waals surface area (Å²) in [6, 6.07) is -1.43. The second kappa shape index (κ2) is 6.79. The Morgan fingerprint density at radius 3 is 2.29 bits per heavy atom. The van der Waals surface area contributed by atoms with Gasteiger partial charge in [0.2, 0.25) is 0 Å². The average Bonchev–Trinajstić information content (AvgIpc) is 2.25. The Balaban J connectivity index is 4.51. The lowest BCUT2D eigenvalue weighted by atomic mass is 10.1. The van der Waals surface area contributed by atoms with Crippen LogP contribution in [-0.2, 0) is 4.79 Å². The average molecular weight is 240 g/mol. The van der Waals surface area contributed by atoms with E-state index in [0.29, 0.717) is 5.92 Å². The first-order valence-electron chi connectivity index (χ1n) is 5.50. The second-order valence-corrected chi connectivity index (χ2v) is 4.34. The molecule has 2 unspecified atom stereocenters. The fourth-order valence-electron chi connectivity index (χ4n) is 1.20. The number of hydrogen-bond donors (Lipinski definition) is 2. The van der Waals surface area contributed by atoms with Crippen molar-refractivity contribution in [2.45, 2.75) is 39.3 Å². The van der Waals surface area contributed by atoms with Crippen LogP contribution >= 0.6 is 0 Å². The maximum absolute atomic E-state index is 11.8. The Morgan fingerprint density at radius 2 is 1.94 bits per heavy atom. The van der Waals surface area contributed by atoms with Gasteiger partial charge in [-0.3, -0.25) is 0 Å². The summed E-state index contributed by atoms with van der Waals surface area (Å²) in [5.74, 6) is 1.40. The molecule has 2 N–H and O–H groups in total. The molecule has 0 aliphatic rings. The predicted octanol–water partition coefficient (Wildman–Crippen LogP) is 1.15. The lowest BCUT2D eigenvalue weighted by Crippen LogP contribution is -2.50. The van der Waals surface area contributed by atoms with E-state index in [0.717, 1.165) is 0 Å². The molecule has 0 aromatic heterocycles. The number of amides is 2. The highest BCUT2D eigenvalue weighted by molar-refractivity contribution is 5.82. The lowest BCUT2D eigenvalue weighted by molar-refractivity contribution is -0.139. The van der Waals surface area contributed by atoms with Gasteiger partial charge in [-0.2, -0.15) is 0 Å². The molecule has 96 valence electrons. The summed E-state index contributed by atoms with van der Waals surface area (Å²) in [6.07, 6.45) is 5.03. The second-order valence-electron chi connectivity index (χ2n) is 4.34. The summed E-state index contributed by atoms with van der Waals surface area (Å²) in [5, 5.41) is 11.3. The first kappa shape index (κ1) is 15.3. The number of urea groups is 1. The van der Waals surface area contributed by atoms with Crippen molar-refractivity contribution in [2.75, 3.05) is 7.05 Å². The van der Waals surface area contributed by atoms with Crippen molar-refractivity contribution in [3.05, 3.63) is 0 Å². The summed E-state index contributed by atoms with van der Waals surface area (Å²) in [7, 11) is 1.63. The van der Waals surface area contributed by atoms with Gasteiger partial charge in [-0.25, -0.2) is 9.59 Å². The molecule has 0 saturated carbocycles. The number of carboxylic acid groups (broad SMARTS) is 1. The van der Waals surface area contributed by atoms with E-state index in [1.54, 1.807) is 7.05 Å². The molecule has 0 bridgehead atoms. The van der Waals surface area contributed by atoms with Crippen LogP contribution < -0.4 is 5.32 Å². The number of nitrogens with zero attached hydrogens (tertiary/aromatic N) is 1. The minimum Gasteiger partial charge on any atom is -0.480 e. The molecule has 0 saturated heterocycles. The van der Waals surface area contributed by atoms with E-state index in [-0.39, 0.29) is 12.5 Å². The van der Waals surface area contributed by atoms with Crippen LogP contribution in [0.15, 0.2) is 0 Å². The Bertz CT molecular complexity index is 320. The van der Waals surface area contributed by atoms with Crippen LogP contribution in [0.25, 0.3) is 0 Å². The minimum atomic E-state index is -1.12. The maximum Gasteiger partial charge on any atom is 0.327 e. The van der Waals surface area contributed by atoms with Gasteiger partial charge in [-0.1, -0.05) is 13.8 Å². The fraction of sp³-hybridized carbons (Fsp3) is 0.667. The molecule has 0 aliphatic heterocycles. The third kappa shape index (κ3) is 4.77. The van der Waals surface area contributed by atoms with E-state index < -0.39 is 18.0 Å². The number of aliphatic carboxylic acids is 1. The van der Waals surface area contributed by atoms with Crippen LogP contribution in [0.2, 0.25) is 0 Å².